The fourth-order valence-electron chi connectivity index (χ4n) is 7.73. The second-order valence-electron chi connectivity index (χ2n) is 13.3. The Labute approximate surface area is 296 Å². The summed E-state index contributed by atoms with van der Waals surface area (Å²) in [5, 5.41) is 7.13. The largest absolute Gasteiger partial charge is 0.456 e. The van der Waals surface area contributed by atoms with E-state index in [9.17, 15) is 0 Å². The van der Waals surface area contributed by atoms with Crippen molar-refractivity contribution in [3.05, 3.63) is 175 Å². The molecule has 0 saturated heterocycles. The maximum Gasteiger partial charge on any atom is 0.137 e. The highest BCUT2D eigenvalue weighted by Gasteiger charge is 2.18. The zero-order valence-electron chi connectivity index (χ0n) is 27.9. The summed E-state index contributed by atoms with van der Waals surface area (Å²) in [6.45, 7) is 0. The van der Waals surface area contributed by atoms with Crippen LogP contribution in [0.1, 0.15) is 17.7 Å². The molecule has 3 heteroatoms. The third-order valence-electron chi connectivity index (χ3n) is 10.2. The lowest BCUT2D eigenvalue weighted by Gasteiger charge is -2.13. The highest BCUT2D eigenvalue weighted by Crippen LogP contribution is 2.42. The van der Waals surface area contributed by atoms with Crippen LogP contribution in [0.3, 0.4) is 0 Å². The molecule has 3 nitrogen and oxygen atoms in total. The Balaban J connectivity index is 1.02. The van der Waals surface area contributed by atoms with Gasteiger partial charge in [0.15, 0.2) is 0 Å². The standard InChI is InChI=1S/C48H33NO2/c1-2-11-32(12-3-1)37-15-4-5-16-38(37)34-13-8-14-35(29-34)39-18-9-21-45-47(39)48-42(19-10-22-46(48)51-45)49-36-26-23-31(24-27-36)33-25-28-44-41(30-33)40-17-6-7-20-43(40)50-44/h1-5,7-16,18-30,49H,6,17H2. The van der Waals surface area contributed by atoms with Gasteiger partial charge >= 0.3 is 0 Å². The highest BCUT2D eigenvalue weighted by molar-refractivity contribution is 6.17. The van der Waals surface area contributed by atoms with Gasteiger partial charge in [-0.15, -0.1) is 0 Å². The van der Waals surface area contributed by atoms with E-state index in [2.05, 4.69) is 175 Å². The molecule has 51 heavy (non-hydrogen) atoms. The van der Waals surface area contributed by atoms with E-state index < -0.39 is 0 Å². The number of furan rings is 2. The van der Waals surface area contributed by atoms with Gasteiger partial charge in [0.1, 0.15) is 22.5 Å². The zero-order chi connectivity index (χ0) is 33.7. The molecule has 1 N–H and O–H groups in total. The van der Waals surface area contributed by atoms with Gasteiger partial charge in [0, 0.05) is 22.0 Å². The van der Waals surface area contributed by atoms with Crippen molar-refractivity contribution in [2.45, 2.75) is 12.8 Å². The molecule has 0 aliphatic heterocycles. The molecule has 0 radical (unpaired) electrons. The first-order valence-corrected chi connectivity index (χ1v) is 17.6. The average molecular weight is 656 g/mol. The number of benzene rings is 7. The molecule has 0 atom stereocenters. The molecular formula is C48H33NO2. The number of hydrogen-bond donors (Lipinski definition) is 1. The van der Waals surface area contributed by atoms with Gasteiger partial charge in [-0.3, -0.25) is 0 Å². The number of anilines is 2. The summed E-state index contributed by atoms with van der Waals surface area (Å²) in [6.07, 6.45) is 6.38. The van der Waals surface area contributed by atoms with Crippen LogP contribution in [-0.4, -0.2) is 0 Å². The molecule has 2 aromatic heterocycles. The summed E-state index contributed by atoms with van der Waals surface area (Å²) in [5.41, 5.74) is 15.5. The first-order valence-electron chi connectivity index (χ1n) is 17.6. The van der Waals surface area contributed by atoms with E-state index in [1.54, 1.807) is 0 Å². The van der Waals surface area contributed by atoms with Gasteiger partial charge in [-0.1, -0.05) is 115 Å². The predicted molar refractivity (Wildman–Crippen MR) is 212 cm³/mol. The lowest BCUT2D eigenvalue weighted by atomic mass is 9.91. The van der Waals surface area contributed by atoms with E-state index in [0.717, 1.165) is 68.6 Å². The third kappa shape index (κ3) is 5.14. The minimum Gasteiger partial charge on any atom is -0.456 e. The molecule has 7 aromatic carbocycles. The van der Waals surface area contributed by atoms with Crippen LogP contribution in [0.2, 0.25) is 0 Å². The summed E-state index contributed by atoms with van der Waals surface area (Å²) in [4.78, 5) is 0. The van der Waals surface area contributed by atoms with Crippen LogP contribution in [0.25, 0.3) is 83.5 Å². The minimum absolute atomic E-state index is 0.858. The maximum absolute atomic E-state index is 6.48. The van der Waals surface area contributed by atoms with Crippen molar-refractivity contribution < 1.29 is 8.83 Å². The van der Waals surface area contributed by atoms with Gasteiger partial charge in [-0.25, -0.2) is 0 Å². The fourth-order valence-corrected chi connectivity index (χ4v) is 7.73. The summed E-state index contributed by atoms with van der Waals surface area (Å²) < 4.78 is 12.6. The molecule has 0 bridgehead atoms. The Morgan fingerprint density at radius 1 is 0.451 bits per heavy atom. The molecule has 0 fully saturated rings. The van der Waals surface area contributed by atoms with Crippen molar-refractivity contribution in [3.8, 4) is 44.5 Å². The van der Waals surface area contributed by atoms with Crippen LogP contribution in [0.4, 0.5) is 11.4 Å². The molecule has 0 unspecified atom stereocenters. The zero-order valence-corrected chi connectivity index (χ0v) is 27.9. The van der Waals surface area contributed by atoms with E-state index in [1.165, 1.54) is 44.3 Å². The SMILES string of the molecule is C1=Cc2oc3ccc(-c4ccc(Nc5cccc6oc7cccc(-c8cccc(-c9ccccc9-c9ccccc9)c8)c7c56)cc4)cc3c2CC1. The van der Waals surface area contributed by atoms with Crippen molar-refractivity contribution in [2.75, 3.05) is 5.32 Å². The van der Waals surface area contributed by atoms with E-state index in [0.29, 0.717) is 0 Å². The highest BCUT2D eigenvalue weighted by atomic mass is 16.3. The third-order valence-corrected chi connectivity index (χ3v) is 10.2. The van der Waals surface area contributed by atoms with E-state index >= 15 is 0 Å². The molecule has 0 spiro atoms. The van der Waals surface area contributed by atoms with Gasteiger partial charge in [0.2, 0.25) is 0 Å². The number of nitrogens with one attached hydrogen (secondary N) is 1. The van der Waals surface area contributed by atoms with Crippen molar-refractivity contribution in [2.24, 2.45) is 0 Å². The van der Waals surface area contributed by atoms with Crippen molar-refractivity contribution in [1.82, 2.24) is 0 Å². The molecule has 1 aliphatic rings. The molecule has 10 rings (SSSR count). The summed E-state index contributed by atoms with van der Waals surface area (Å²) in [5.74, 6) is 0.998. The minimum atomic E-state index is 0.858. The summed E-state index contributed by atoms with van der Waals surface area (Å²) in [6, 6.07) is 55.9. The molecule has 242 valence electrons. The Morgan fingerprint density at radius 3 is 1.96 bits per heavy atom. The summed E-state index contributed by atoms with van der Waals surface area (Å²) >= 11 is 0. The number of fused-ring (bicyclic) bond motifs is 6. The summed E-state index contributed by atoms with van der Waals surface area (Å²) in [7, 11) is 0. The molecule has 2 heterocycles. The molecule has 9 aromatic rings. The van der Waals surface area contributed by atoms with Gasteiger partial charge in [0.05, 0.1) is 11.1 Å². The van der Waals surface area contributed by atoms with E-state index in [-0.39, 0.29) is 0 Å². The van der Waals surface area contributed by atoms with Gasteiger partial charge < -0.3 is 14.2 Å². The van der Waals surface area contributed by atoms with Crippen LogP contribution < -0.4 is 5.32 Å². The normalized spacial score (nSPS) is 12.5. The quantitative estimate of drug-likeness (QED) is 0.194. The average Bonchev–Trinajstić information content (AvgIpc) is 3.77. The van der Waals surface area contributed by atoms with Crippen LogP contribution in [0.5, 0.6) is 0 Å². The maximum atomic E-state index is 6.48. The number of rotatable bonds is 6. The van der Waals surface area contributed by atoms with Crippen LogP contribution in [-0.2, 0) is 6.42 Å². The first-order chi connectivity index (χ1) is 25.3. The van der Waals surface area contributed by atoms with Crippen LogP contribution >= 0.6 is 0 Å². The van der Waals surface area contributed by atoms with Crippen molar-refractivity contribution in [1.29, 1.82) is 0 Å². The van der Waals surface area contributed by atoms with Gasteiger partial charge in [0.25, 0.3) is 0 Å². The van der Waals surface area contributed by atoms with Crippen molar-refractivity contribution in [3.63, 3.8) is 0 Å². The Morgan fingerprint density at radius 2 is 1.12 bits per heavy atom. The van der Waals surface area contributed by atoms with Crippen molar-refractivity contribution >= 4 is 50.4 Å². The lowest BCUT2D eigenvalue weighted by Crippen LogP contribution is -1.92. The van der Waals surface area contributed by atoms with Gasteiger partial charge in [-0.05, 0) is 112 Å². The monoisotopic (exact) mass is 655 g/mol. The Bertz CT molecular complexity index is 2760. The Hall–Kier alpha value is -6.58. The number of aryl methyl sites for hydroxylation is 1. The van der Waals surface area contributed by atoms with E-state index in [4.69, 9.17) is 8.83 Å². The lowest BCUT2D eigenvalue weighted by molar-refractivity contribution is 0.595. The molecular weight excluding hydrogens is 623 g/mol. The smallest absolute Gasteiger partial charge is 0.137 e. The van der Waals surface area contributed by atoms with Crippen LogP contribution in [0, 0.1) is 0 Å². The second-order valence-corrected chi connectivity index (χ2v) is 13.3. The predicted octanol–water partition coefficient (Wildman–Crippen LogP) is 13.7. The molecule has 0 amide bonds. The van der Waals surface area contributed by atoms with Crippen LogP contribution in [0.15, 0.2) is 173 Å². The second kappa shape index (κ2) is 12.1. The first kappa shape index (κ1) is 29.3. The molecule has 0 saturated carbocycles. The van der Waals surface area contributed by atoms with E-state index in [1.807, 2.05) is 0 Å². The van der Waals surface area contributed by atoms with Gasteiger partial charge in [-0.2, -0.15) is 0 Å². The Kier molecular flexibility index (Phi) is 6.95. The topological polar surface area (TPSA) is 38.3 Å². The fraction of sp³-hybridized carbons (Fsp3) is 0.0417. The number of hydrogen-bond acceptors (Lipinski definition) is 3. The number of allylic oxidation sites excluding steroid dienone is 1. The molecule has 1 aliphatic carbocycles.